The lowest BCUT2D eigenvalue weighted by molar-refractivity contribution is 0.0527. The number of pyridine rings is 2. The summed E-state index contributed by atoms with van der Waals surface area (Å²) in [7, 11) is 0. The van der Waals surface area contributed by atoms with Gasteiger partial charge in [-0.25, -0.2) is 14.8 Å². The van der Waals surface area contributed by atoms with Gasteiger partial charge in [0, 0.05) is 17.3 Å². The number of anilines is 2. The number of fused-ring (bicyclic) bond motifs is 1. The number of aryl methyl sites for hydroxylation is 1. The molecule has 0 aliphatic heterocycles. The summed E-state index contributed by atoms with van der Waals surface area (Å²) in [5, 5.41) is 13.2. The number of nitriles is 1. The lowest BCUT2D eigenvalue weighted by Gasteiger charge is -2.14. The maximum Gasteiger partial charge on any atom is 0.341 e. The molecule has 0 aliphatic rings. The molecule has 0 atom stereocenters. The molecule has 0 amide bonds. The zero-order valence-electron chi connectivity index (χ0n) is 14.3. The predicted molar refractivity (Wildman–Crippen MR) is 102 cm³/mol. The predicted octanol–water partition coefficient (Wildman–Crippen LogP) is 4.15. The Balaban J connectivity index is 0.00000243. The number of benzene rings is 1. The van der Waals surface area contributed by atoms with Crippen LogP contribution >= 0.6 is 12.4 Å². The molecule has 0 saturated carbocycles. The van der Waals surface area contributed by atoms with Gasteiger partial charge in [-0.3, -0.25) is 0 Å². The van der Waals surface area contributed by atoms with E-state index in [9.17, 15) is 10.1 Å². The highest BCUT2D eigenvalue weighted by atomic mass is 35.5. The second kappa shape index (κ2) is 8.28. The van der Waals surface area contributed by atoms with Gasteiger partial charge in [-0.15, -0.1) is 12.4 Å². The van der Waals surface area contributed by atoms with Crippen LogP contribution < -0.4 is 5.32 Å². The van der Waals surface area contributed by atoms with Crippen LogP contribution in [-0.4, -0.2) is 22.5 Å². The van der Waals surface area contributed by atoms with Crippen LogP contribution in [0.2, 0.25) is 0 Å². The first kappa shape index (κ1) is 19.2. The number of carbonyl (C=O) groups excluding carboxylic acids is 1. The average Bonchev–Trinajstić information content (AvgIpc) is 2.62. The van der Waals surface area contributed by atoms with Crippen molar-refractivity contribution in [3.63, 3.8) is 0 Å². The first-order valence-electron chi connectivity index (χ1n) is 7.83. The van der Waals surface area contributed by atoms with Crippen LogP contribution in [0.4, 0.5) is 11.4 Å². The number of carbonyl (C=O) groups is 1. The second-order valence-electron chi connectivity index (χ2n) is 5.37. The fourth-order valence-electron chi connectivity index (χ4n) is 2.49. The molecule has 1 N–H and O–H groups in total. The molecular weight excluding hydrogens is 352 g/mol. The molecule has 0 aliphatic carbocycles. The minimum Gasteiger partial charge on any atom is -0.462 e. The summed E-state index contributed by atoms with van der Waals surface area (Å²) in [4.78, 5) is 21.0. The van der Waals surface area contributed by atoms with Gasteiger partial charge in [-0.05, 0) is 38.1 Å². The van der Waals surface area contributed by atoms with Gasteiger partial charge in [0.25, 0.3) is 0 Å². The number of halogens is 1. The largest absolute Gasteiger partial charge is 0.462 e. The molecule has 0 bridgehead atoms. The molecule has 3 rings (SSSR count). The van der Waals surface area contributed by atoms with Gasteiger partial charge in [0.2, 0.25) is 0 Å². The maximum absolute atomic E-state index is 12.3. The summed E-state index contributed by atoms with van der Waals surface area (Å²) >= 11 is 0. The molecule has 0 fully saturated rings. The van der Waals surface area contributed by atoms with Crippen LogP contribution in [0, 0.1) is 18.3 Å². The van der Waals surface area contributed by atoms with E-state index in [4.69, 9.17) is 4.74 Å². The van der Waals surface area contributed by atoms with Crippen molar-refractivity contribution < 1.29 is 9.53 Å². The number of esters is 1. The van der Waals surface area contributed by atoms with Crippen LogP contribution in [0.5, 0.6) is 0 Å². The summed E-state index contributed by atoms with van der Waals surface area (Å²) in [6.45, 7) is 3.88. The van der Waals surface area contributed by atoms with E-state index >= 15 is 0 Å². The van der Waals surface area contributed by atoms with Gasteiger partial charge < -0.3 is 10.1 Å². The third kappa shape index (κ3) is 3.73. The summed E-state index contributed by atoms with van der Waals surface area (Å²) in [6.07, 6.45) is 1.45. The van der Waals surface area contributed by atoms with Crippen LogP contribution in [0.15, 0.2) is 42.6 Å². The van der Waals surface area contributed by atoms with E-state index in [2.05, 4.69) is 21.4 Å². The van der Waals surface area contributed by atoms with E-state index in [-0.39, 0.29) is 19.0 Å². The molecule has 2 aromatic heterocycles. The molecule has 0 saturated heterocycles. The fraction of sp³-hybridized carbons (Fsp3) is 0.158. The molecule has 0 spiro atoms. The number of hydrogen-bond donors (Lipinski definition) is 1. The number of aromatic nitrogens is 2. The Labute approximate surface area is 157 Å². The summed E-state index contributed by atoms with van der Waals surface area (Å²) in [6, 6.07) is 12.9. The lowest BCUT2D eigenvalue weighted by Crippen LogP contribution is -2.10. The van der Waals surface area contributed by atoms with Crippen LogP contribution in [0.1, 0.15) is 28.5 Å². The molecule has 3 aromatic rings. The van der Waals surface area contributed by atoms with Crippen LogP contribution in [0.25, 0.3) is 11.0 Å². The zero-order chi connectivity index (χ0) is 17.8. The zero-order valence-corrected chi connectivity index (χ0v) is 15.1. The molecule has 26 heavy (non-hydrogen) atoms. The highest BCUT2D eigenvalue weighted by Gasteiger charge is 2.18. The van der Waals surface area contributed by atoms with Gasteiger partial charge in [0.05, 0.1) is 23.5 Å². The van der Waals surface area contributed by atoms with Crippen molar-refractivity contribution in [2.24, 2.45) is 0 Å². The Morgan fingerprint density at radius 1 is 1.27 bits per heavy atom. The normalized spacial score (nSPS) is 9.88. The number of para-hydroxylation sites is 1. The van der Waals surface area contributed by atoms with Crippen molar-refractivity contribution in [3.05, 3.63) is 59.4 Å². The third-order valence-corrected chi connectivity index (χ3v) is 3.67. The number of nitrogens with one attached hydrogen (secondary N) is 1. The third-order valence-electron chi connectivity index (χ3n) is 3.67. The molecule has 1 aromatic carbocycles. The Morgan fingerprint density at radius 3 is 2.77 bits per heavy atom. The monoisotopic (exact) mass is 368 g/mol. The van der Waals surface area contributed by atoms with Gasteiger partial charge in [-0.1, -0.05) is 12.1 Å². The standard InChI is InChI=1S/C19H16N4O2.ClH/c1-3-25-19(24)15-11-21-18-14(9-8-12(2)22-18)17(15)23-16-7-5-4-6-13(16)10-20;/h4-9,11H,3H2,1-2H3,(H,21,22,23);1H. The van der Waals surface area contributed by atoms with E-state index in [0.717, 1.165) is 5.69 Å². The van der Waals surface area contributed by atoms with Gasteiger partial charge >= 0.3 is 5.97 Å². The number of nitrogens with zero attached hydrogens (tertiary/aromatic N) is 3. The van der Waals surface area contributed by atoms with E-state index in [1.54, 1.807) is 25.1 Å². The second-order valence-corrected chi connectivity index (χ2v) is 5.37. The van der Waals surface area contributed by atoms with Crippen molar-refractivity contribution in [1.29, 1.82) is 5.26 Å². The van der Waals surface area contributed by atoms with Crippen molar-refractivity contribution in [3.8, 4) is 6.07 Å². The van der Waals surface area contributed by atoms with Crippen LogP contribution in [0.3, 0.4) is 0 Å². The Bertz CT molecular complexity index is 998. The summed E-state index contributed by atoms with van der Waals surface area (Å²) < 4.78 is 5.13. The highest BCUT2D eigenvalue weighted by Crippen LogP contribution is 2.30. The average molecular weight is 369 g/mol. The molecule has 6 nitrogen and oxygen atoms in total. The first-order valence-corrected chi connectivity index (χ1v) is 7.83. The minimum atomic E-state index is -0.477. The number of ether oxygens (including phenoxy) is 1. The van der Waals surface area contributed by atoms with Gasteiger partial charge in [-0.2, -0.15) is 5.26 Å². The summed E-state index contributed by atoms with van der Waals surface area (Å²) in [5.74, 6) is -0.477. The van der Waals surface area contributed by atoms with Crippen LogP contribution in [-0.2, 0) is 4.74 Å². The smallest absolute Gasteiger partial charge is 0.341 e. The van der Waals surface area contributed by atoms with E-state index in [1.165, 1.54) is 6.20 Å². The molecule has 2 heterocycles. The van der Waals surface area contributed by atoms with Crippen molar-refractivity contribution in [2.45, 2.75) is 13.8 Å². The van der Waals surface area contributed by atoms with Crippen molar-refractivity contribution in [2.75, 3.05) is 11.9 Å². The molecule has 132 valence electrons. The number of hydrogen-bond acceptors (Lipinski definition) is 6. The minimum absolute atomic E-state index is 0. The Hall–Kier alpha value is -3.17. The maximum atomic E-state index is 12.3. The highest BCUT2D eigenvalue weighted by molar-refractivity contribution is 6.05. The quantitative estimate of drug-likeness (QED) is 0.696. The van der Waals surface area contributed by atoms with E-state index < -0.39 is 5.97 Å². The molecule has 7 heteroatoms. The number of rotatable bonds is 4. The topological polar surface area (TPSA) is 87.9 Å². The molecular formula is C19H17ClN4O2. The fourth-order valence-corrected chi connectivity index (χ4v) is 2.49. The lowest BCUT2D eigenvalue weighted by atomic mass is 10.1. The van der Waals surface area contributed by atoms with Crippen molar-refractivity contribution >= 4 is 40.8 Å². The summed E-state index contributed by atoms with van der Waals surface area (Å²) in [5.41, 5.74) is 3.25. The Morgan fingerprint density at radius 2 is 2.04 bits per heavy atom. The van der Waals surface area contributed by atoms with Gasteiger partial charge in [0.1, 0.15) is 11.6 Å². The van der Waals surface area contributed by atoms with E-state index in [0.29, 0.717) is 33.5 Å². The molecule has 0 unspecified atom stereocenters. The SMILES string of the molecule is CCOC(=O)c1cnc2nc(C)ccc2c1Nc1ccccc1C#N.Cl. The van der Waals surface area contributed by atoms with E-state index in [1.807, 2.05) is 25.1 Å². The first-order chi connectivity index (χ1) is 12.1. The Kier molecular flexibility index (Phi) is 6.10. The molecule has 0 radical (unpaired) electrons. The van der Waals surface area contributed by atoms with Crippen molar-refractivity contribution in [1.82, 2.24) is 9.97 Å². The van der Waals surface area contributed by atoms with Gasteiger partial charge in [0.15, 0.2) is 5.65 Å².